The van der Waals surface area contributed by atoms with Crippen LogP contribution in [0.25, 0.3) is 10.9 Å². The molecule has 1 unspecified atom stereocenters. The number of aliphatic hydroxyl groups excluding tert-OH is 1. The van der Waals surface area contributed by atoms with E-state index >= 15 is 0 Å². The van der Waals surface area contributed by atoms with Crippen LogP contribution >= 0.6 is 0 Å². The summed E-state index contributed by atoms with van der Waals surface area (Å²) in [5.74, 6) is -0.0713. The van der Waals surface area contributed by atoms with Crippen LogP contribution in [0, 0.1) is 0 Å². The number of amides is 1. The molecular formula is C27H27N3O4. The van der Waals surface area contributed by atoms with Gasteiger partial charge in [-0.05, 0) is 53.9 Å². The molecule has 4 rings (SSSR count). The fourth-order valence-corrected chi connectivity index (χ4v) is 3.97. The van der Waals surface area contributed by atoms with Crippen molar-refractivity contribution < 1.29 is 15.0 Å². The second-order valence-corrected chi connectivity index (χ2v) is 8.13. The maximum Gasteiger partial charge on any atom is 0.248 e. The molecule has 0 saturated heterocycles. The molecule has 7 nitrogen and oxygen atoms in total. The van der Waals surface area contributed by atoms with E-state index in [1.165, 1.54) is 12.1 Å². The molecule has 0 saturated carbocycles. The molecule has 7 heteroatoms. The summed E-state index contributed by atoms with van der Waals surface area (Å²) in [6, 6.07) is 23.3. The SMILES string of the molecule is O=C(Cc1ccccc1)Nc1ccc(CCNC(CO)c2ccc(O)c3[nH]c(=O)ccc23)cc1. The Morgan fingerprint density at radius 1 is 0.912 bits per heavy atom. The molecule has 5 N–H and O–H groups in total. The minimum Gasteiger partial charge on any atom is -0.506 e. The van der Waals surface area contributed by atoms with E-state index in [-0.39, 0.29) is 29.9 Å². The van der Waals surface area contributed by atoms with Crippen molar-refractivity contribution in [2.45, 2.75) is 18.9 Å². The first-order chi connectivity index (χ1) is 16.5. The first-order valence-corrected chi connectivity index (χ1v) is 11.2. The Hall–Kier alpha value is -3.94. The summed E-state index contributed by atoms with van der Waals surface area (Å²) in [5.41, 5.74) is 3.65. The number of pyridine rings is 1. The molecular weight excluding hydrogens is 430 g/mol. The summed E-state index contributed by atoms with van der Waals surface area (Å²) < 4.78 is 0. The summed E-state index contributed by atoms with van der Waals surface area (Å²) in [7, 11) is 0. The molecule has 4 aromatic rings. The van der Waals surface area contributed by atoms with Crippen molar-refractivity contribution in [1.82, 2.24) is 10.3 Å². The molecule has 0 aliphatic carbocycles. The van der Waals surface area contributed by atoms with Gasteiger partial charge < -0.3 is 25.8 Å². The van der Waals surface area contributed by atoms with E-state index in [0.717, 1.165) is 28.8 Å². The summed E-state index contributed by atoms with van der Waals surface area (Å²) in [4.78, 5) is 26.5. The predicted octanol–water partition coefficient (Wildman–Crippen LogP) is 3.28. The highest BCUT2D eigenvalue weighted by Gasteiger charge is 2.15. The summed E-state index contributed by atoms with van der Waals surface area (Å²) >= 11 is 0. The van der Waals surface area contributed by atoms with Crippen LogP contribution < -0.4 is 16.2 Å². The van der Waals surface area contributed by atoms with Crippen LogP contribution in [-0.4, -0.2) is 34.3 Å². The van der Waals surface area contributed by atoms with E-state index in [2.05, 4.69) is 15.6 Å². The molecule has 0 spiro atoms. The zero-order chi connectivity index (χ0) is 23.9. The van der Waals surface area contributed by atoms with Crippen molar-refractivity contribution in [3.05, 3.63) is 106 Å². The summed E-state index contributed by atoms with van der Waals surface area (Å²) in [6.07, 6.45) is 1.05. The zero-order valence-electron chi connectivity index (χ0n) is 18.6. The normalized spacial score (nSPS) is 11.9. The standard InChI is InChI=1S/C27H27N3O4/c31-17-23(21-10-12-24(32)27-22(21)11-13-25(33)30-27)28-15-14-18-6-8-20(9-7-18)29-26(34)16-19-4-2-1-3-5-19/h1-13,23,28,31-32H,14-17H2,(H,29,34)(H,30,33). The lowest BCUT2D eigenvalue weighted by molar-refractivity contribution is -0.115. The molecule has 0 aliphatic rings. The number of nitrogens with one attached hydrogen (secondary N) is 3. The van der Waals surface area contributed by atoms with E-state index in [4.69, 9.17) is 0 Å². The lowest BCUT2D eigenvalue weighted by Crippen LogP contribution is -2.27. The monoisotopic (exact) mass is 457 g/mol. The van der Waals surface area contributed by atoms with Gasteiger partial charge in [0.2, 0.25) is 11.5 Å². The third-order valence-electron chi connectivity index (χ3n) is 5.71. The number of phenolic OH excluding ortho intramolecular Hbond substituents is 1. The molecule has 1 heterocycles. The quantitative estimate of drug-likeness (QED) is 0.265. The van der Waals surface area contributed by atoms with Gasteiger partial charge in [0.05, 0.1) is 24.6 Å². The molecule has 3 aromatic carbocycles. The number of hydrogen-bond donors (Lipinski definition) is 5. The lowest BCUT2D eigenvalue weighted by Gasteiger charge is -2.19. The smallest absolute Gasteiger partial charge is 0.248 e. The number of phenols is 1. The van der Waals surface area contributed by atoms with Crippen LogP contribution in [0.15, 0.2) is 83.7 Å². The van der Waals surface area contributed by atoms with Crippen LogP contribution in [-0.2, 0) is 17.6 Å². The largest absolute Gasteiger partial charge is 0.506 e. The Labute approximate surface area is 197 Å². The highest BCUT2D eigenvalue weighted by atomic mass is 16.3. The number of aromatic nitrogens is 1. The third-order valence-corrected chi connectivity index (χ3v) is 5.71. The van der Waals surface area contributed by atoms with Crippen molar-refractivity contribution >= 4 is 22.5 Å². The maximum atomic E-state index is 12.2. The van der Waals surface area contributed by atoms with Gasteiger partial charge in [0.25, 0.3) is 0 Å². The minimum atomic E-state index is -0.356. The van der Waals surface area contributed by atoms with Gasteiger partial charge in [0.1, 0.15) is 5.75 Å². The Balaban J connectivity index is 1.34. The first kappa shape index (κ1) is 23.2. The second-order valence-electron chi connectivity index (χ2n) is 8.13. The van der Waals surface area contributed by atoms with Crippen LogP contribution in [0.4, 0.5) is 5.69 Å². The Morgan fingerprint density at radius 3 is 2.41 bits per heavy atom. The average Bonchev–Trinajstić information content (AvgIpc) is 2.84. The number of aromatic amines is 1. The molecule has 174 valence electrons. The van der Waals surface area contributed by atoms with E-state index in [9.17, 15) is 19.8 Å². The third kappa shape index (κ3) is 5.70. The first-order valence-electron chi connectivity index (χ1n) is 11.2. The molecule has 1 amide bonds. The zero-order valence-corrected chi connectivity index (χ0v) is 18.6. The van der Waals surface area contributed by atoms with Gasteiger partial charge in [0, 0.05) is 17.1 Å². The van der Waals surface area contributed by atoms with Crippen molar-refractivity contribution in [1.29, 1.82) is 0 Å². The van der Waals surface area contributed by atoms with Gasteiger partial charge >= 0.3 is 0 Å². The van der Waals surface area contributed by atoms with Gasteiger partial charge in [-0.1, -0.05) is 48.5 Å². The van der Waals surface area contributed by atoms with Crippen LogP contribution in [0.3, 0.4) is 0 Å². The molecule has 0 bridgehead atoms. The van der Waals surface area contributed by atoms with Gasteiger partial charge in [-0.2, -0.15) is 0 Å². The summed E-state index contributed by atoms with van der Waals surface area (Å²) in [6.45, 7) is 0.474. The molecule has 1 atom stereocenters. The van der Waals surface area contributed by atoms with Gasteiger partial charge in [0.15, 0.2) is 0 Å². The number of aliphatic hydroxyl groups is 1. The Morgan fingerprint density at radius 2 is 1.68 bits per heavy atom. The molecule has 0 radical (unpaired) electrons. The van der Waals surface area contributed by atoms with Gasteiger partial charge in [-0.3, -0.25) is 9.59 Å². The number of carbonyl (C=O) groups is 1. The van der Waals surface area contributed by atoms with E-state index in [0.29, 0.717) is 23.9 Å². The molecule has 1 aromatic heterocycles. The number of H-pyrrole nitrogens is 1. The van der Waals surface area contributed by atoms with Crippen molar-refractivity contribution in [2.75, 3.05) is 18.5 Å². The van der Waals surface area contributed by atoms with Crippen LogP contribution in [0.5, 0.6) is 5.75 Å². The number of rotatable bonds is 9. The van der Waals surface area contributed by atoms with Crippen LogP contribution in [0.2, 0.25) is 0 Å². The molecule has 34 heavy (non-hydrogen) atoms. The highest BCUT2D eigenvalue weighted by molar-refractivity contribution is 5.92. The van der Waals surface area contributed by atoms with E-state index < -0.39 is 0 Å². The second kappa shape index (κ2) is 10.8. The minimum absolute atomic E-state index is 0.0101. The average molecular weight is 458 g/mol. The Bertz CT molecular complexity index is 1320. The number of aromatic hydroxyl groups is 1. The number of anilines is 1. The molecule has 0 aliphatic heterocycles. The van der Waals surface area contributed by atoms with Gasteiger partial charge in [-0.25, -0.2) is 0 Å². The van der Waals surface area contributed by atoms with E-state index in [1.54, 1.807) is 12.1 Å². The van der Waals surface area contributed by atoms with Crippen LogP contribution in [0.1, 0.15) is 22.7 Å². The molecule has 0 fully saturated rings. The van der Waals surface area contributed by atoms with Crippen molar-refractivity contribution in [3.63, 3.8) is 0 Å². The van der Waals surface area contributed by atoms with Crippen molar-refractivity contribution in [2.24, 2.45) is 0 Å². The predicted molar refractivity (Wildman–Crippen MR) is 133 cm³/mol. The number of benzene rings is 3. The fraction of sp³-hybridized carbons (Fsp3) is 0.185. The number of carbonyl (C=O) groups excluding carboxylic acids is 1. The lowest BCUT2D eigenvalue weighted by atomic mass is 10.0. The van der Waals surface area contributed by atoms with E-state index in [1.807, 2.05) is 54.6 Å². The summed E-state index contributed by atoms with van der Waals surface area (Å²) in [5, 5.41) is 27.0. The maximum absolute atomic E-state index is 12.2. The Kier molecular flexibility index (Phi) is 7.37. The fourth-order valence-electron chi connectivity index (χ4n) is 3.97. The van der Waals surface area contributed by atoms with Crippen molar-refractivity contribution in [3.8, 4) is 5.75 Å². The highest BCUT2D eigenvalue weighted by Crippen LogP contribution is 2.28. The number of fused-ring (bicyclic) bond motifs is 1. The van der Waals surface area contributed by atoms with Gasteiger partial charge in [-0.15, -0.1) is 0 Å². The topological polar surface area (TPSA) is 114 Å². The number of hydrogen-bond acceptors (Lipinski definition) is 5.